The van der Waals surface area contributed by atoms with Gasteiger partial charge in [-0.2, -0.15) is 5.26 Å². The van der Waals surface area contributed by atoms with Crippen molar-refractivity contribution in [2.45, 2.75) is 4.90 Å². The van der Waals surface area contributed by atoms with Crippen LogP contribution >= 0.6 is 0 Å². The normalized spacial score (nSPS) is 13.4. The second-order valence-corrected chi connectivity index (χ2v) is 7.75. The molecule has 1 aliphatic heterocycles. The fourth-order valence-electron chi connectivity index (χ4n) is 2.86. The quantitative estimate of drug-likeness (QED) is 0.626. The van der Waals surface area contributed by atoms with E-state index in [-0.39, 0.29) is 4.90 Å². The van der Waals surface area contributed by atoms with Crippen LogP contribution < -0.4 is 14.9 Å². The molecule has 28 heavy (non-hydrogen) atoms. The SMILES string of the molecule is N#Cc1ccc(S(=O)(=O)Nc2ccc(N3CNc4occc4C3=N)cc2)cc1. The third-order valence-electron chi connectivity index (χ3n) is 4.31. The van der Waals surface area contributed by atoms with Gasteiger partial charge in [0.05, 0.1) is 35.0 Å². The van der Waals surface area contributed by atoms with Gasteiger partial charge in [0.1, 0.15) is 5.84 Å². The topological polar surface area (TPSA) is 122 Å². The molecule has 4 rings (SSSR count). The Labute approximate surface area is 161 Å². The predicted molar refractivity (Wildman–Crippen MR) is 105 cm³/mol. The van der Waals surface area contributed by atoms with Gasteiger partial charge in [-0.3, -0.25) is 10.1 Å². The average molecular weight is 393 g/mol. The van der Waals surface area contributed by atoms with Crippen LogP contribution in [0.4, 0.5) is 17.3 Å². The van der Waals surface area contributed by atoms with Crippen LogP contribution in [0.25, 0.3) is 0 Å². The number of sulfonamides is 1. The van der Waals surface area contributed by atoms with Crippen molar-refractivity contribution in [3.8, 4) is 6.07 Å². The summed E-state index contributed by atoms with van der Waals surface area (Å²) in [4.78, 5) is 1.82. The van der Waals surface area contributed by atoms with E-state index in [0.29, 0.717) is 35.2 Å². The lowest BCUT2D eigenvalue weighted by molar-refractivity contribution is 0.577. The molecule has 3 N–H and O–H groups in total. The summed E-state index contributed by atoms with van der Waals surface area (Å²) < 4.78 is 32.8. The summed E-state index contributed by atoms with van der Waals surface area (Å²) in [5.41, 5.74) is 2.19. The van der Waals surface area contributed by atoms with E-state index in [4.69, 9.17) is 15.1 Å². The van der Waals surface area contributed by atoms with Crippen molar-refractivity contribution >= 4 is 33.1 Å². The van der Waals surface area contributed by atoms with Gasteiger partial charge in [-0.25, -0.2) is 8.42 Å². The minimum atomic E-state index is -3.76. The largest absolute Gasteiger partial charge is 0.448 e. The van der Waals surface area contributed by atoms with Crippen LogP contribution in [0.15, 0.2) is 70.2 Å². The molecule has 0 amide bonds. The highest BCUT2D eigenvalue weighted by Gasteiger charge is 2.24. The molecule has 0 saturated carbocycles. The van der Waals surface area contributed by atoms with Gasteiger partial charge in [0.2, 0.25) is 5.88 Å². The maximum atomic E-state index is 12.5. The van der Waals surface area contributed by atoms with Gasteiger partial charge in [-0.05, 0) is 54.6 Å². The summed E-state index contributed by atoms with van der Waals surface area (Å²) in [5, 5.41) is 20.2. The summed E-state index contributed by atoms with van der Waals surface area (Å²) in [6.45, 7) is 0.371. The van der Waals surface area contributed by atoms with E-state index in [2.05, 4.69) is 10.0 Å². The van der Waals surface area contributed by atoms with E-state index in [0.717, 1.165) is 5.69 Å². The Balaban J connectivity index is 1.52. The molecular weight excluding hydrogens is 378 g/mol. The second kappa shape index (κ2) is 6.75. The molecule has 0 radical (unpaired) electrons. The van der Waals surface area contributed by atoms with E-state index >= 15 is 0 Å². The molecule has 2 aromatic carbocycles. The lowest BCUT2D eigenvalue weighted by Gasteiger charge is -2.29. The molecule has 0 spiro atoms. The Kier molecular flexibility index (Phi) is 4.25. The first-order chi connectivity index (χ1) is 13.5. The van der Waals surface area contributed by atoms with Gasteiger partial charge < -0.3 is 14.6 Å². The molecule has 0 atom stereocenters. The molecule has 0 unspecified atom stereocenters. The first-order valence-corrected chi connectivity index (χ1v) is 9.77. The van der Waals surface area contributed by atoms with Crippen LogP contribution in [-0.4, -0.2) is 20.9 Å². The van der Waals surface area contributed by atoms with Crippen LogP contribution in [0.2, 0.25) is 0 Å². The molecule has 1 aromatic heterocycles. The zero-order chi connectivity index (χ0) is 19.7. The predicted octanol–water partition coefficient (Wildman–Crippen LogP) is 3.17. The number of hydrogen-bond donors (Lipinski definition) is 3. The molecule has 0 fully saturated rings. The average Bonchev–Trinajstić information content (AvgIpc) is 3.19. The lowest BCUT2D eigenvalue weighted by Crippen LogP contribution is -2.39. The fourth-order valence-corrected chi connectivity index (χ4v) is 3.92. The number of anilines is 3. The monoisotopic (exact) mass is 393 g/mol. The summed E-state index contributed by atoms with van der Waals surface area (Å²) in [5.74, 6) is 0.862. The molecule has 0 saturated heterocycles. The summed E-state index contributed by atoms with van der Waals surface area (Å²) in [7, 11) is -3.76. The summed E-state index contributed by atoms with van der Waals surface area (Å²) >= 11 is 0. The highest BCUT2D eigenvalue weighted by atomic mass is 32.2. The number of amidine groups is 1. The molecule has 0 bridgehead atoms. The highest BCUT2D eigenvalue weighted by molar-refractivity contribution is 7.92. The van der Waals surface area contributed by atoms with Crippen LogP contribution in [0.1, 0.15) is 11.1 Å². The third kappa shape index (κ3) is 3.17. The van der Waals surface area contributed by atoms with Crippen molar-refractivity contribution in [3.63, 3.8) is 0 Å². The molecule has 2 heterocycles. The van der Waals surface area contributed by atoms with Crippen LogP contribution in [0.5, 0.6) is 0 Å². The van der Waals surface area contributed by atoms with E-state index in [1.54, 1.807) is 35.2 Å². The Hall–Kier alpha value is -3.77. The number of furan rings is 1. The van der Waals surface area contributed by atoms with E-state index in [1.807, 2.05) is 6.07 Å². The maximum absolute atomic E-state index is 12.5. The first-order valence-electron chi connectivity index (χ1n) is 8.29. The van der Waals surface area contributed by atoms with Crippen LogP contribution in [-0.2, 0) is 10.0 Å². The smallest absolute Gasteiger partial charge is 0.261 e. The number of fused-ring (bicyclic) bond motifs is 1. The van der Waals surface area contributed by atoms with Gasteiger partial charge in [0, 0.05) is 11.4 Å². The molecular formula is C19H15N5O3S. The first kappa shape index (κ1) is 17.6. The lowest BCUT2D eigenvalue weighted by atomic mass is 10.2. The fraction of sp³-hybridized carbons (Fsp3) is 0.0526. The number of nitrogens with zero attached hydrogens (tertiary/aromatic N) is 2. The van der Waals surface area contributed by atoms with Crippen molar-refractivity contribution in [1.82, 2.24) is 0 Å². The van der Waals surface area contributed by atoms with Crippen molar-refractivity contribution < 1.29 is 12.8 Å². The molecule has 140 valence electrons. The van der Waals surface area contributed by atoms with Crippen LogP contribution in [0.3, 0.4) is 0 Å². The molecule has 0 aliphatic carbocycles. The standard InChI is InChI=1S/C19H15N5O3S/c20-11-13-1-7-16(8-2-13)28(25,26)23-14-3-5-15(6-4-14)24-12-22-19-17(18(24)21)9-10-27-19/h1-10,21-23H,12H2. The van der Waals surface area contributed by atoms with Gasteiger partial charge >= 0.3 is 0 Å². The number of rotatable bonds is 4. The number of nitrogens with one attached hydrogen (secondary N) is 3. The maximum Gasteiger partial charge on any atom is 0.261 e. The zero-order valence-corrected chi connectivity index (χ0v) is 15.3. The molecule has 8 nitrogen and oxygen atoms in total. The number of nitriles is 1. The Morgan fingerprint density at radius 2 is 1.82 bits per heavy atom. The summed E-state index contributed by atoms with van der Waals surface area (Å²) in [6, 6.07) is 16.1. The van der Waals surface area contributed by atoms with Gasteiger partial charge in [-0.1, -0.05) is 0 Å². The Morgan fingerprint density at radius 1 is 1.11 bits per heavy atom. The minimum Gasteiger partial charge on any atom is -0.448 e. The molecule has 9 heteroatoms. The van der Waals surface area contributed by atoms with Crippen molar-refractivity contribution in [3.05, 3.63) is 72.0 Å². The Bertz CT molecular complexity index is 1180. The Morgan fingerprint density at radius 3 is 2.50 bits per heavy atom. The number of benzene rings is 2. The van der Waals surface area contributed by atoms with Gasteiger partial charge in [0.15, 0.2) is 0 Å². The molecule has 1 aliphatic rings. The van der Waals surface area contributed by atoms with E-state index in [1.165, 1.54) is 30.5 Å². The minimum absolute atomic E-state index is 0.0741. The van der Waals surface area contributed by atoms with Crippen molar-refractivity contribution in [2.24, 2.45) is 0 Å². The molecule has 3 aromatic rings. The third-order valence-corrected chi connectivity index (χ3v) is 5.71. The van der Waals surface area contributed by atoms with Crippen molar-refractivity contribution in [1.29, 1.82) is 10.7 Å². The second-order valence-electron chi connectivity index (χ2n) is 6.06. The van der Waals surface area contributed by atoms with Crippen LogP contribution in [0, 0.1) is 16.7 Å². The summed E-state index contributed by atoms with van der Waals surface area (Å²) in [6.07, 6.45) is 1.52. The van der Waals surface area contributed by atoms with E-state index in [9.17, 15) is 8.42 Å². The number of hydrogen-bond acceptors (Lipinski definition) is 6. The van der Waals surface area contributed by atoms with E-state index < -0.39 is 10.0 Å². The van der Waals surface area contributed by atoms with Gasteiger partial charge in [-0.15, -0.1) is 0 Å². The van der Waals surface area contributed by atoms with Crippen molar-refractivity contribution in [2.75, 3.05) is 21.6 Å². The zero-order valence-electron chi connectivity index (χ0n) is 14.5. The van der Waals surface area contributed by atoms with Gasteiger partial charge in [0.25, 0.3) is 10.0 Å². The highest BCUT2D eigenvalue weighted by Crippen LogP contribution is 2.28.